The minimum absolute atomic E-state index is 0.187. The summed E-state index contributed by atoms with van der Waals surface area (Å²) in [5.41, 5.74) is 1.52. The van der Waals surface area contributed by atoms with Gasteiger partial charge < -0.3 is 20.3 Å². The Morgan fingerprint density at radius 3 is 2.71 bits per heavy atom. The predicted octanol–water partition coefficient (Wildman–Crippen LogP) is 2.52. The maximum atomic E-state index is 14.4. The fraction of sp³-hybridized carbons (Fsp3) is 0.611. The molecule has 134 valence electrons. The Hall–Kier alpha value is -1.82. The number of hydrogen-bond acceptors (Lipinski definition) is 3. The van der Waals surface area contributed by atoms with Crippen molar-refractivity contribution in [2.45, 2.75) is 33.2 Å². The summed E-state index contributed by atoms with van der Waals surface area (Å²) in [6.45, 7) is 9.14. The Bertz CT molecular complexity index is 530. The summed E-state index contributed by atoms with van der Waals surface area (Å²) in [5, 5.41) is 6.51. The second-order valence-electron chi connectivity index (χ2n) is 5.86. The highest BCUT2D eigenvalue weighted by atomic mass is 19.1. The standard InChI is InChI=1S/C18H29FN4O/c1-3-5-8-21-18(20-4-2)22-14-15-6-7-17(16(19)13-15)23-9-11-24-12-10-23/h6-7,13H,3-5,8-12,14H2,1-2H3,(H2,20,21,22). The number of ether oxygens (including phenoxy) is 1. The van der Waals surface area contributed by atoms with Gasteiger partial charge in [0.15, 0.2) is 5.96 Å². The number of guanidine groups is 1. The van der Waals surface area contributed by atoms with Gasteiger partial charge in [-0.1, -0.05) is 19.4 Å². The van der Waals surface area contributed by atoms with Crippen molar-refractivity contribution in [2.75, 3.05) is 44.3 Å². The molecule has 0 radical (unpaired) electrons. The second kappa shape index (κ2) is 10.1. The molecule has 2 N–H and O–H groups in total. The third-order valence-electron chi connectivity index (χ3n) is 3.95. The molecule has 5 nitrogen and oxygen atoms in total. The fourth-order valence-corrected chi connectivity index (χ4v) is 2.61. The van der Waals surface area contributed by atoms with Crippen molar-refractivity contribution in [3.05, 3.63) is 29.6 Å². The van der Waals surface area contributed by atoms with E-state index in [9.17, 15) is 4.39 Å². The van der Waals surface area contributed by atoms with Crippen LogP contribution in [0.2, 0.25) is 0 Å². The smallest absolute Gasteiger partial charge is 0.191 e. The molecule has 1 aromatic rings. The van der Waals surface area contributed by atoms with Crippen molar-refractivity contribution in [3.8, 4) is 0 Å². The Morgan fingerprint density at radius 2 is 2.04 bits per heavy atom. The normalized spacial score (nSPS) is 15.5. The molecular weight excluding hydrogens is 307 g/mol. The van der Waals surface area contributed by atoms with E-state index >= 15 is 0 Å². The molecule has 1 aliphatic rings. The van der Waals surface area contributed by atoms with Crippen LogP contribution in [0.25, 0.3) is 0 Å². The van der Waals surface area contributed by atoms with E-state index in [4.69, 9.17) is 4.74 Å². The monoisotopic (exact) mass is 336 g/mol. The highest BCUT2D eigenvalue weighted by molar-refractivity contribution is 5.79. The summed E-state index contributed by atoms with van der Waals surface area (Å²) in [6.07, 6.45) is 2.24. The van der Waals surface area contributed by atoms with E-state index in [1.54, 1.807) is 6.07 Å². The van der Waals surface area contributed by atoms with Crippen molar-refractivity contribution < 1.29 is 9.13 Å². The molecule has 1 aromatic carbocycles. The Morgan fingerprint density at radius 1 is 1.25 bits per heavy atom. The number of benzene rings is 1. The van der Waals surface area contributed by atoms with Crippen LogP contribution in [0.1, 0.15) is 32.3 Å². The highest BCUT2D eigenvalue weighted by Crippen LogP contribution is 2.21. The van der Waals surface area contributed by atoms with Crippen LogP contribution < -0.4 is 15.5 Å². The van der Waals surface area contributed by atoms with E-state index in [0.717, 1.165) is 50.5 Å². The van der Waals surface area contributed by atoms with Gasteiger partial charge in [-0.3, -0.25) is 0 Å². The van der Waals surface area contributed by atoms with E-state index in [2.05, 4.69) is 22.5 Å². The lowest BCUT2D eigenvalue weighted by Gasteiger charge is -2.29. The zero-order valence-corrected chi connectivity index (χ0v) is 14.8. The van der Waals surface area contributed by atoms with Gasteiger partial charge in [0.2, 0.25) is 0 Å². The molecule has 1 saturated heterocycles. The van der Waals surface area contributed by atoms with Crippen molar-refractivity contribution in [2.24, 2.45) is 4.99 Å². The molecule has 2 rings (SSSR count). The first-order chi connectivity index (χ1) is 11.7. The number of rotatable bonds is 7. The lowest BCUT2D eigenvalue weighted by molar-refractivity contribution is 0.122. The van der Waals surface area contributed by atoms with Crippen LogP contribution >= 0.6 is 0 Å². The average Bonchev–Trinajstić information content (AvgIpc) is 2.60. The van der Waals surface area contributed by atoms with Crippen molar-refractivity contribution in [1.82, 2.24) is 10.6 Å². The van der Waals surface area contributed by atoms with Crippen molar-refractivity contribution in [1.29, 1.82) is 0 Å². The Kier molecular flexibility index (Phi) is 7.82. The maximum absolute atomic E-state index is 14.4. The second-order valence-corrected chi connectivity index (χ2v) is 5.86. The van der Waals surface area contributed by atoms with Gasteiger partial charge in [-0.25, -0.2) is 9.38 Å². The molecule has 0 amide bonds. The van der Waals surface area contributed by atoms with Gasteiger partial charge in [-0.2, -0.15) is 0 Å². The van der Waals surface area contributed by atoms with Gasteiger partial charge in [0.1, 0.15) is 5.82 Å². The Labute approximate surface area is 144 Å². The minimum Gasteiger partial charge on any atom is -0.378 e. The van der Waals surface area contributed by atoms with E-state index in [1.165, 1.54) is 0 Å². The number of hydrogen-bond donors (Lipinski definition) is 2. The first-order valence-electron chi connectivity index (χ1n) is 8.88. The minimum atomic E-state index is -0.187. The van der Waals surface area contributed by atoms with E-state index < -0.39 is 0 Å². The number of aliphatic imine (C=N–C) groups is 1. The van der Waals surface area contributed by atoms with E-state index in [-0.39, 0.29) is 5.82 Å². The number of morpholine rings is 1. The zero-order chi connectivity index (χ0) is 17.2. The Balaban J connectivity index is 1.97. The van der Waals surface area contributed by atoms with Crippen LogP contribution in [0.4, 0.5) is 10.1 Å². The molecule has 1 fully saturated rings. The van der Waals surface area contributed by atoms with E-state index in [0.29, 0.717) is 25.4 Å². The lowest BCUT2D eigenvalue weighted by Crippen LogP contribution is -2.37. The third-order valence-corrected chi connectivity index (χ3v) is 3.95. The summed E-state index contributed by atoms with van der Waals surface area (Å²) < 4.78 is 19.7. The van der Waals surface area contributed by atoms with Gasteiger partial charge in [0.25, 0.3) is 0 Å². The maximum Gasteiger partial charge on any atom is 0.191 e. The molecule has 0 aromatic heterocycles. The highest BCUT2D eigenvalue weighted by Gasteiger charge is 2.15. The van der Waals surface area contributed by atoms with Gasteiger partial charge in [0.05, 0.1) is 25.4 Å². The lowest BCUT2D eigenvalue weighted by atomic mass is 10.1. The van der Waals surface area contributed by atoms with Crippen molar-refractivity contribution >= 4 is 11.6 Å². The zero-order valence-electron chi connectivity index (χ0n) is 14.8. The molecule has 0 spiro atoms. The quantitative estimate of drug-likeness (QED) is 0.456. The summed E-state index contributed by atoms with van der Waals surface area (Å²) in [4.78, 5) is 6.56. The first kappa shape index (κ1) is 18.5. The predicted molar refractivity (Wildman–Crippen MR) is 97.2 cm³/mol. The summed E-state index contributed by atoms with van der Waals surface area (Å²) in [5.74, 6) is 0.595. The van der Waals surface area contributed by atoms with Crippen LogP contribution in [-0.4, -0.2) is 45.4 Å². The van der Waals surface area contributed by atoms with Gasteiger partial charge >= 0.3 is 0 Å². The summed E-state index contributed by atoms with van der Waals surface area (Å²) >= 11 is 0. The molecular formula is C18H29FN4O. The van der Waals surface area contributed by atoms with Crippen molar-refractivity contribution in [3.63, 3.8) is 0 Å². The largest absolute Gasteiger partial charge is 0.378 e. The molecule has 0 saturated carbocycles. The number of nitrogens with zero attached hydrogens (tertiary/aromatic N) is 2. The average molecular weight is 336 g/mol. The molecule has 24 heavy (non-hydrogen) atoms. The summed E-state index contributed by atoms with van der Waals surface area (Å²) in [7, 11) is 0. The van der Waals surface area contributed by atoms with Gasteiger partial charge in [0, 0.05) is 26.2 Å². The molecule has 0 atom stereocenters. The fourth-order valence-electron chi connectivity index (χ4n) is 2.61. The van der Waals surface area contributed by atoms with Gasteiger partial charge in [-0.05, 0) is 31.0 Å². The van der Waals surface area contributed by atoms with Gasteiger partial charge in [-0.15, -0.1) is 0 Å². The molecule has 0 bridgehead atoms. The number of anilines is 1. The molecule has 1 heterocycles. The molecule has 0 aliphatic carbocycles. The number of halogens is 1. The molecule has 0 unspecified atom stereocenters. The molecule has 1 aliphatic heterocycles. The van der Waals surface area contributed by atoms with Crippen LogP contribution in [-0.2, 0) is 11.3 Å². The number of nitrogens with one attached hydrogen (secondary N) is 2. The van der Waals surface area contributed by atoms with Crippen LogP contribution in [0, 0.1) is 5.82 Å². The SMILES string of the molecule is CCCCNC(=NCc1ccc(N2CCOCC2)c(F)c1)NCC. The van der Waals surface area contributed by atoms with Crippen LogP contribution in [0.15, 0.2) is 23.2 Å². The third kappa shape index (κ3) is 5.67. The van der Waals surface area contributed by atoms with Crippen LogP contribution in [0.5, 0.6) is 0 Å². The van der Waals surface area contributed by atoms with E-state index in [1.807, 2.05) is 24.0 Å². The van der Waals surface area contributed by atoms with Crippen LogP contribution in [0.3, 0.4) is 0 Å². The topological polar surface area (TPSA) is 48.9 Å². The summed E-state index contributed by atoms with van der Waals surface area (Å²) in [6, 6.07) is 5.39. The number of unbranched alkanes of at least 4 members (excludes halogenated alkanes) is 1. The first-order valence-corrected chi connectivity index (χ1v) is 8.88. The molecule has 6 heteroatoms.